The molecular weight excluding hydrogens is 264 g/mol. The summed E-state index contributed by atoms with van der Waals surface area (Å²) < 4.78 is 10.7. The highest BCUT2D eigenvalue weighted by Gasteiger charge is 2.20. The maximum absolute atomic E-state index is 11.3. The largest absolute Gasteiger partial charge is 0.455 e. The fourth-order valence-corrected chi connectivity index (χ4v) is 1.70. The number of amides is 2. The van der Waals surface area contributed by atoms with E-state index in [2.05, 4.69) is 0 Å². The van der Waals surface area contributed by atoms with Gasteiger partial charge in [-0.3, -0.25) is 20.4 Å². The van der Waals surface area contributed by atoms with Crippen molar-refractivity contribution in [3.63, 3.8) is 0 Å². The normalized spacial score (nSPS) is 10.6. The van der Waals surface area contributed by atoms with Crippen LogP contribution in [0.3, 0.4) is 0 Å². The van der Waals surface area contributed by atoms with Crippen molar-refractivity contribution < 1.29 is 18.4 Å². The van der Waals surface area contributed by atoms with Gasteiger partial charge in [0, 0.05) is 0 Å². The third-order valence-electron chi connectivity index (χ3n) is 2.82. The zero-order valence-electron chi connectivity index (χ0n) is 10.7. The van der Waals surface area contributed by atoms with Crippen molar-refractivity contribution in [3.05, 3.63) is 47.3 Å². The van der Waals surface area contributed by atoms with Crippen LogP contribution < -0.4 is 22.5 Å². The minimum Gasteiger partial charge on any atom is -0.455 e. The van der Waals surface area contributed by atoms with Crippen molar-refractivity contribution in [2.75, 3.05) is 0 Å². The van der Waals surface area contributed by atoms with E-state index in [1.165, 1.54) is 12.1 Å². The van der Waals surface area contributed by atoms with Crippen molar-refractivity contribution in [2.24, 2.45) is 11.7 Å². The van der Waals surface area contributed by atoms with E-state index in [1.807, 2.05) is 17.8 Å². The number of hydrogen-bond acceptors (Lipinski definition) is 6. The van der Waals surface area contributed by atoms with Crippen molar-refractivity contribution in [2.45, 2.75) is 12.8 Å². The van der Waals surface area contributed by atoms with Crippen LogP contribution in [0.15, 0.2) is 33.1 Å². The number of hydrazine groups is 2. The van der Waals surface area contributed by atoms with E-state index >= 15 is 0 Å². The number of carbonyl (C=O) groups excluding carboxylic acids is 2. The standard InChI is InChI=1S/C12H14N4O4/c1-6(7-2-4-9(19-7)11(17)15-13)8-3-5-10(20-8)12(18)16-14/h2-6H,13-14H2,1H3,(H,15,17)(H,16,18). The van der Waals surface area contributed by atoms with Gasteiger partial charge in [-0.2, -0.15) is 0 Å². The predicted octanol–water partition coefficient (Wildman–Crippen LogP) is 0.231. The minimum absolute atomic E-state index is 0.0980. The molecule has 0 aromatic carbocycles. The summed E-state index contributed by atoms with van der Waals surface area (Å²) in [6.07, 6.45) is 0. The molecular formula is C12H14N4O4. The van der Waals surface area contributed by atoms with Gasteiger partial charge < -0.3 is 8.83 Å². The molecule has 0 fully saturated rings. The third kappa shape index (κ3) is 2.56. The van der Waals surface area contributed by atoms with Crippen molar-refractivity contribution in [1.82, 2.24) is 10.9 Å². The van der Waals surface area contributed by atoms with Gasteiger partial charge in [0.1, 0.15) is 11.5 Å². The molecule has 2 aromatic heterocycles. The van der Waals surface area contributed by atoms with Gasteiger partial charge in [-0.15, -0.1) is 0 Å². The van der Waals surface area contributed by atoms with Crippen LogP contribution in [0.1, 0.15) is 45.5 Å². The monoisotopic (exact) mass is 278 g/mol. The summed E-state index contributed by atoms with van der Waals surface area (Å²) in [5.41, 5.74) is 3.95. The number of hydrogen-bond donors (Lipinski definition) is 4. The maximum atomic E-state index is 11.3. The molecule has 0 atom stereocenters. The molecule has 2 rings (SSSR count). The summed E-state index contributed by atoms with van der Waals surface area (Å²) in [4.78, 5) is 22.6. The molecule has 106 valence electrons. The van der Waals surface area contributed by atoms with Gasteiger partial charge in [-0.05, 0) is 31.2 Å². The van der Waals surface area contributed by atoms with E-state index < -0.39 is 11.8 Å². The molecule has 0 aliphatic carbocycles. The molecule has 20 heavy (non-hydrogen) atoms. The van der Waals surface area contributed by atoms with Crippen LogP contribution in [0, 0.1) is 0 Å². The van der Waals surface area contributed by atoms with Crippen LogP contribution in [-0.4, -0.2) is 11.8 Å². The molecule has 2 aromatic rings. The smallest absolute Gasteiger partial charge is 0.300 e. The first-order valence-corrected chi connectivity index (χ1v) is 5.78. The minimum atomic E-state index is -0.522. The summed E-state index contributed by atoms with van der Waals surface area (Å²) in [7, 11) is 0. The van der Waals surface area contributed by atoms with Gasteiger partial charge in [0.05, 0.1) is 5.92 Å². The molecule has 0 bridgehead atoms. The summed E-state index contributed by atoms with van der Waals surface area (Å²) in [5.74, 6) is 9.94. The van der Waals surface area contributed by atoms with Crippen LogP contribution >= 0.6 is 0 Å². The second-order valence-corrected chi connectivity index (χ2v) is 4.07. The fourth-order valence-electron chi connectivity index (χ4n) is 1.70. The molecule has 0 spiro atoms. The van der Waals surface area contributed by atoms with Crippen LogP contribution in [0.4, 0.5) is 0 Å². The molecule has 2 heterocycles. The summed E-state index contributed by atoms with van der Waals surface area (Å²) >= 11 is 0. The molecule has 6 N–H and O–H groups in total. The lowest BCUT2D eigenvalue weighted by atomic mass is 10.1. The SMILES string of the molecule is CC(c1ccc(C(=O)NN)o1)c1ccc(C(=O)NN)o1. The Kier molecular flexibility index (Phi) is 3.87. The maximum Gasteiger partial charge on any atom is 0.300 e. The predicted molar refractivity (Wildman–Crippen MR) is 68.2 cm³/mol. The number of nitrogens with two attached hydrogens (primary N) is 2. The summed E-state index contributed by atoms with van der Waals surface area (Å²) in [6, 6.07) is 6.29. The Bertz CT molecular complexity index is 577. The van der Waals surface area contributed by atoms with Crippen molar-refractivity contribution in [3.8, 4) is 0 Å². The van der Waals surface area contributed by atoms with E-state index in [-0.39, 0.29) is 17.4 Å². The number of furan rings is 2. The van der Waals surface area contributed by atoms with Gasteiger partial charge in [0.2, 0.25) is 0 Å². The highest BCUT2D eigenvalue weighted by atomic mass is 16.4. The lowest BCUT2D eigenvalue weighted by Crippen LogP contribution is -2.29. The Hall–Kier alpha value is -2.58. The second-order valence-electron chi connectivity index (χ2n) is 4.07. The van der Waals surface area contributed by atoms with Gasteiger partial charge >= 0.3 is 11.8 Å². The van der Waals surface area contributed by atoms with Crippen molar-refractivity contribution in [1.29, 1.82) is 0 Å². The Morgan fingerprint density at radius 2 is 1.35 bits per heavy atom. The highest BCUT2D eigenvalue weighted by Crippen LogP contribution is 2.27. The highest BCUT2D eigenvalue weighted by molar-refractivity contribution is 5.91. The molecule has 2 amide bonds. The molecule has 0 saturated carbocycles. The van der Waals surface area contributed by atoms with E-state index in [4.69, 9.17) is 20.5 Å². The molecule has 0 saturated heterocycles. The van der Waals surface area contributed by atoms with E-state index in [0.29, 0.717) is 11.5 Å². The molecule has 0 radical (unpaired) electrons. The Balaban J connectivity index is 2.20. The average Bonchev–Trinajstić information content (AvgIpc) is 3.13. The zero-order chi connectivity index (χ0) is 14.7. The number of rotatable bonds is 4. The Morgan fingerprint density at radius 3 is 1.70 bits per heavy atom. The fraction of sp³-hybridized carbons (Fsp3) is 0.167. The second kappa shape index (κ2) is 5.59. The van der Waals surface area contributed by atoms with Gasteiger partial charge in [-0.1, -0.05) is 0 Å². The average molecular weight is 278 g/mol. The van der Waals surface area contributed by atoms with Gasteiger partial charge in [0.25, 0.3) is 0 Å². The number of nitrogens with one attached hydrogen (secondary N) is 2. The lowest BCUT2D eigenvalue weighted by Gasteiger charge is -2.04. The first kappa shape index (κ1) is 13.8. The van der Waals surface area contributed by atoms with Crippen molar-refractivity contribution >= 4 is 11.8 Å². The number of carbonyl (C=O) groups is 2. The van der Waals surface area contributed by atoms with Crippen LogP contribution in [-0.2, 0) is 0 Å². The number of nitrogen functional groups attached to an aromatic ring is 2. The molecule has 0 unspecified atom stereocenters. The zero-order valence-corrected chi connectivity index (χ0v) is 10.7. The third-order valence-corrected chi connectivity index (χ3v) is 2.82. The summed E-state index contributed by atoms with van der Waals surface area (Å²) in [5, 5.41) is 0. The van der Waals surface area contributed by atoms with Gasteiger partial charge in [-0.25, -0.2) is 11.7 Å². The first-order valence-electron chi connectivity index (χ1n) is 5.78. The molecule has 8 heteroatoms. The Morgan fingerprint density at radius 1 is 0.950 bits per heavy atom. The van der Waals surface area contributed by atoms with E-state index in [9.17, 15) is 9.59 Å². The first-order chi connectivity index (χ1) is 9.56. The van der Waals surface area contributed by atoms with Gasteiger partial charge in [0.15, 0.2) is 11.5 Å². The summed E-state index contributed by atoms with van der Waals surface area (Å²) in [6.45, 7) is 1.81. The van der Waals surface area contributed by atoms with Crippen LogP contribution in [0.25, 0.3) is 0 Å². The topological polar surface area (TPSA) is 137 Å². The Labute approximate surface area is 114 Å². The molecule has 0 aliphatic heterocycles. The van der Waals surface area contributed by atoms with E-state index in [0.717, 1.165) is 0 Å². The lowest BCUT2D eigenvalue weighted by molar-refractivity contribution is 0.0919. The quantitative estimate of drug-likeness (QED) is 0.359. The van der Waals surface area contributed by atoms with Crippen LogP contribution in [0.5, 0.6) is 0 Å². The van der Waals surface area contributed by atoms with Crippen LogP contribution in [0.2, 0.25) is 0 Å². The van der Waals surface area contributed by atoms with E-state index in [1.54, 1.807) is 12.1 Å². The molecule has 8 nitrogen and oxygen atoms in total. The molecule has 0 aliphatic rings.